The highest BCUT2D eigenvalue weighted by Gasteiger charge is 2.21. The van der Waals surface area contributed by atoms with E-state index in [1.54, 1.807) is 11.8 Å². The van der Waals surface area contributed by atoms with Gasteiger partial charge in [-0.3, -0.25) is 4.79 Å². The first-order valence-corrected chi connectivity index (χ1v) is 8.56. The molecule has 0 radical (unpaired) electrons. The van der Waals surface area contributed by atoms with Crippen LogP contribution in [0.25, 0.3) is 10.8 Å². The van der Waals surface area contributed by atoms with Gasteiger partial charge >= 0.3 is 0 Å². The van der Waals surface area contributed by atoms with Crippen LogP contribution in [0, 0.1) is 0 Å². The van der Waals surface area contributed by atoms with Gasteiger partial charge in [-0.05, 0) is 42.7 Å². The molecule has 0 heterocycles. The molecule has 3 rings (SSSR count). The number of nitrogens with one attached hydrogen (secondary N) is 1. The van der Waals surface area contributed by atoms with Gasteiger partial charge in [-0.1, -0.05) is 43.2 Å². The van der Waals surface area contributed by atoms with Gasteiger partial charge < -0.3 is 5.32 Å². The molecule has 1 fully saturated rings. The summed E-state index contributed by atoms with van der Waals surface area (Å²) in [5.41, 5.74) is 0. The Bertz CT molecular complexity index is 634. The summed E-state index contributed by atoms with van der Waals surface area (Å²) in [4.78, 5) is 13.4. The summed E-state index contributed by atoms with van der Waals surface area (Å²) in [6.45, 7) is 1.99. The quantitative estimate of drug-likeness (QED) is 0.849. The lowest BCUT2D eigenvalue weighted by molar-refractivity contribution is -0.120. The molecule has 1 aliphatic carbocycles. The largest absolute Gasteiger partial charge is 0.352 e. The van der Waals surface area contributed by atoms with E-state index in [0.717, 1.165) is 17.7 Å². The smallest absolute Gasteiger partial charge is 0.233 e. The summed E-state index contributed by atoms with van der Waals surface area (Å²) < 4.78 is 0. The van der Waals surface area contributed by atoms with E-state index in [4.69, 9.17) is 0 Å². The second-order valence-corrected chi connectivity index (χ2v) is 7.17. The van der Waals surface area contributed by atoms with Gasteiger partial charge in [0.15, 0.2) is 0 Å². The van der Waals surface area contributed by atoms with Gasteiger partial charge in [-0.15, -0.1) is 11.8 Å². The Morgan fingerprint density at radius 2 is 1.86 bits per heavy atom. The van der Waals surface area contributed by atoms with Gasteiger partial charge in [0, 0.05) is 10.9 Å². The topological polar surface area (TPSA) is 29.1 Å². The molecule has 2 aromatic rings. The molecule has 1 amide bonds. The molecule has 1 saturated carbocycles. The fraction of sp³-hybridized carbons (Fsp3) is 0.389. The molecule has 3 heteroatoms. The Morgan fingerprint density at radius 3 is 2.62 bits per heavy atom. The molecule has 0 bridgehead atoms. The summed E-state index contributed by atoms with van der Waals surface area (Å²) in [6.07, 6.45) is 4.77. The van der Waals surface area contributed by atoms with E-state index in [0.29, 0.717) is 6.04 Å². The third-order valence-electron chi connectivity index (χ3n) is 4.10. The van der Waals surface area contributed by atoms with Crippen molar-refractivity contribution in [1.29, 1.82) is 0 Å². The molecule has 0 saturated heterocycles. The minimum atomic E-state index is -0.0493. The van der Waals surface area contributed by atoms with Crippen molar-refractivity contribution in [1.82, 2.24) is 5.32 Å². The van der Waals surface area contributed by atoms with E-state index >= 15 is 0 Å². The lowest BCUT2D eigenvalue weighted by atomic mass is 10.1. The zero-order chi connectivity index (χ0) is 14.7. The zero-order valence-electron chi connectivity index (χ0n) is 12.3. The predicted octanol–water partition coefficient (Wildman–Crippen LogP) is 4.38. The average Bonchev–Trinajstić information content (AvgIpc) is 3.00. The fourth-order valence-electron chi connectivity index (χ4n) is 2.89. The maximum absolute atomic E-state index is 12.2. The third kappa shape index (κ3) is 3.59. The Hall–Kier alpha value is -1.48. The summed E-state index contributed by atoms with van der Waals surface area (Å²) in [5.74, 6) is 0.167. The van der Waals surface area contributed by atoms with Gasteiger partial charge in [0.25, 0.3) is 0 Å². The van der Waals surface area contributed by atoms with Gasteiger partial charge in [-0.25, -0.2) is 0 Å². The molecule has 1 aliphatic rings. The van der Waals surface area contributed by atoms with Crippen molar-refractivity contribution in [3.8, 4) is 0 Å². The lowest BCUT2D eigenvalue weighted by Crippen LogP contribution is -2.37. The van der Waals surface area contributed by atoms with Gasteiger partial charge in [0.2, 0.25) is 5.91 Å². The van der Waals surface area contributed by atoms with Gasteiger partial charge in [-0.2, -0.15) is 0 Å². The van der Waals surface area contributed by atoms with Gasteiger partial charge in [0.05, 0.1) is 5.25 Å². The number of fused-ring (bicyclic) bond motifs is 1. The van der Waals surface area contributed by atoms with E-state index in [9.17, 15) is 4.79 Å². The van der Waals surface area contributed by atoms with Crippen LogP contribution < -0.4 is 5.32 Å². The molecule has 0 spiro atoms. The molecular formula is C18H21NOS. The number of thioether (sulfide) groups is 1. The average molecular weight is 299 g/mol. The van der Waals surface area contributed by atoms with Crippen LogP contribution >= 0.6 is 11.8 Å². The van der Waals surface area contributed by atoms with E-state index < -0.39 is 0 Å². The van der Waals surface area contributed by atoms with Crippen LogP contribution in [0.4, 0.5) is 0 Å². The first-order valence-electron chi connectivity index (χ1n) is 7.68. The Labute approximate surface area is 130 Å². The number of hydrogen-bond donors (Lipinski definition) is 1. The van der Waals surface area contributed by atoms with Crippen LogP contribution in [-0.4, -0.2) is 17.2 Å². The van der Waals surface area contributed by atoms with Crippen molar-refractivity contribution < 1.29 is 4.79 Å². The van der Waals surface area contributed by atoms with E-state index in [1.807, 2.05) is 19.1 Å². The number of benzene rings is 2. The maximum Gasteiger partial charge on any atom is 0.233 e. The zero-order valence-corrected chi connectivity index (χ0v) is 13.2. The van der Waals surface area contributed by atoms with Crippen molar-refractivity contribution in [2.45, 2.75) is 48.8 Å². The van der Waals surface area contributed by atoms with E-state index in [-0.39, 0.29) is 11.2 Å². The van der Waals surface area contributed by atoms with Crippen molar-refractivity contribution >= 4 is 28.4 Å². The maximum atomic E-state index is 12.2. The molecule has 1 atom stereocenters. The fourth-order valence-corrected chi connectivity index (χ4v) is 3.81. The summed E-state index contributed by atoms with van der Waals surface area (Å²) in [6, 6.07) is 15.1. The second kappa shape index (κ2) is 6.52. The highest BCUT2D eigenvalue weighted by molar-refractivity contribution is 8.00. The molecule has 1 N–H and O–H groups in total. The highest BCUT2D eigenvalue weighted by Crippen LogP contribution is 2.27. The van der Waals surface area contributed by atoms with E-state index in [1.165, 1.54) is 23.6 Å². The van der Waals surface area contributed by atoms with Crippen LogP contribution in [0.3, 0.4) is 0 Å². The van der Waals surface area contributed by atoms with Crippen molar-refractivity contribution in [2.24, 2.45) is 0 Å². The Balaban J connectivity index is 1.64. The van der Waals surface area contributed by atoms with Crippen LogP contribution in [0.5, 0.6) is 0 Å². The summed E-state index contributed by atoms with van der Waals surface area (Å²) in [5, 5.41) is 5.60. The van der Waals surface area contributed by atoms with Crippen molar-refractivity contribution in [3.63, 3.8) is 0 Å². The molecular weight excluding hydrogens is 278 g/mol. The SMILES string of the molecule is C[C@@H](Sc1ccc2ccccc2c1)C(=O)NC1CCCC1. The summed E-state index contributed by atoms with van der Waals surface area (Å²) >= 11 is 1.64. The molecule has 110 valence electrons. The minimum Gasteiger partial charge on any atom is -0.352 e. The Kier molecular flexibility index (Phi) is 4.49. The first kappa shape index (κ1) is 14.5. The highest BCUT2D eigenvalue weighted by atomic mass is 32.2. The monoisotopic (exact) mass is 299 g/mol. The number of hydrogen-bond acceptors (Lipinski definition) is 2. The van der Waals surface area contributed by atoms with Crippen LogP contribution in [0.2, 0.25) is 0 Å². The normalized spacial score (nSPS) is 17.0. The minimum absolute atomic E-state index is 0.0493. The van der Waals surface area contributed by atoms with Crippen LogP contribution in [0.1, 0.15) is 32.6 Å². The van der Waals surface area contributed by atoms with Crippen LogP contribution in [0.15, 0.2) is 47.4 Å². The first-order chi connectivity index (χ1) is 10.2. The molecule has 2 nitrogen and oxygen atoms in total. The van der Waals surface area contributed by atoms with Crippen molar-refractivity contribution in [3.05, 3.63) is 42.5 Å². The third-order valence-corrected chi connectivity index (χ3v) is 5.20. The number of rotatable bonds is 4. The molecule has 0 aromatic heterocycles. The molecule has 0 aliphatic heterocycles. The standard InChI is InChI=1S/C18H21NOS/c1-13(18(20)19-16-8-4-5-9-16)21-17-11-10-14-6-2-3-7-15(14)12-17/h2-3,6-7,10-13,16H,4-5,8-9H2,1H3,(H,19,20)/t13-/m1/s1. The summed E-state index contributed by atoms with van der Waals surface area (Å²) in [7, 11) is 0. The van der Waals surface area contributed by atoms with Crippen molar-refractivity contribution in [2.75, 3.05) is 0 Å². The van der Waals surface area contributed by atoms with Crippen LogP contribution in [-0.2, 0) is 4.79 Å². The van der Waals surface area contributed by atoms with E-state index in [2.05, 4.69) is 35.6 Å². The molecule has 2 aromatic carbocycles. The number of carbonyl (C=O) groups excluding carboxylic acids is 1. The lowest BCUT2D eigenvalue weighted by Gasteiger charge is -2.16. The molecule has 21 heavy (non-hydrogen) atoms. The predicted molar refractivity (Wildman–Crippen MR) is 89.7 cm³/mol. The second-order valence-electron chi connectivity index (χ2n) is 5.76. The number of amides is 1. The Morgan fingerprint density at radius 1 is 1.14 bits per heavy atom. The number of carbonyl (C=O) groups is 1. The molecule has 0 unspecified atom stereocenters. The van der Waals surface area contributed by atoms with Gasteiger partial charge in [0.1, 0.15) is 0 Å².